The van der Waals surface area contributed by atoms with E-state index in [4.69, 9.17) is 15.8 Å². The molecular weight excluding hydrogens is 560 g/mol. The van der Waals surface area contributed by atoms with Gasteiger partial charge in [-0.25, -0.2) is 13.4 Å². The van der Waals surface area contributed by atoms with Crippen LogP contribution in [0.5, 0.6) is 0 Å². The number of benzene rings is 1. The molecule has 0 spiro atoms. The van der Waals surface area contributed by atoms with Crippen molar-refractivity contribution in [3.05, 3.63) is 88.2 Å². The smallest absolute Gasteiger partial charge is 0.170 e. The summed E-state index contributed by atoms with van der Waals surface area (Å²) in [6, 6.07) is 10.3. The average molecular weight is 602 g/mol. The van der Waals surface area contributed by atoms with E-state index in [2.05, 4.69) is 46.6 Å². The number of fused-ring (bicyclic) bond motifs is 3. The minimum absolute atomic E-state index is 0.0783. The van der Waals surface area contributed by atoms with Crippen LogP contribution in [0.2, 0.25) is 0 Å². The molecule has 3 heterocycles. The lowest BCUT2D eigenvalue weighted by Crippen LogP contribution is -2.63. The van der Waals surface area contributed by atoms with Gasteiger partial charge in [-0.2, -0.15) is 10.2 Å². The van der Waals surface area contributed by atoms with Gasteiger partial charge in [0, 0.05) is 55.9 Å². The Hall–Kier alpha value is -4.25. The summed E-state index contributed by atoms with van der Waals surface area (Å²) in [6.07, 6.45) is 11.4. The maximum atomic E-state index is 11.9. The lowest BCUT2D eigenvalue weighted by atomic mass is 9.81. The molecule has 5 rings (SSSR count). The van der Waals surface area contributed by atoms with Gasteiger partial charge in [0.1, 0.15) is 12.9 Å². The molecule has 0 saturated heterocycles. The van der Waals surface area contributed by atoms with Crippen molar-refractivity contribution in [2.75, 3.05) is 23.9 Å². The molecule has 1 aromatic carbocycles. The van der Waals surface area contributed by atoms with Gasteiger partial charge in [-0.3, -0.25) is 14.4 Å². The predicted octanol–water partition coefficient (Wildman–Crippen LogP) is 2.63. The molecule has 1 aliphatic heterocycles. The molecule has 11 heteroatoms. The van der Waals surface area contributed by atoms with Gasteiger partial charge in [0.05, 0.1) is 29.3 Å². The summed E-state index contributed by atoms with van der Waals surface area (Å²) in [7, 11) is 0.861. The molecular formula is C32H41N8O2S+. The third kappa shape index (κ3) is 6.88. The number of aromatic nitrogens is 4. The average Bonchev–Trinajstić information content (AvgIpc) is 3.58. The van der Waals surface area contributed by atoms with E-state index in [0.29, 0.717) is 12.4 Å². The minimum Gasteiger partial charge on any atom is -0.404 e. The third-order valence-corrected chi connectivity index (χ3v) is 9.76. The van der Waals surface area contributed by atoms with Crippen molar-refractivity contribution in [3.63, 3.8) is 0 Å². The molecule has 2 aromatic heterocycles. The number of amidine groups is 1. The Labute approximate surface area is 253 Å². The van der Waals surface area contributed by atoms with Crippen LogP contribution < -0.4 is 16.0 Å². The van der Waals surface area contributed by atoms with Crippen molar-refractivity contribution in [2.24, 2.45) is 17.8 Å². The summed E-state index contributed by atoms with van der Waals surface area (Å²) in [5.41, 5.74) is 16.5. The SMILES string of the molecule is CCS(=O)(=O)CCn1ccc(NC2=N/C=C3/CCc4nn(C)c(Cc5cccc(/C(C=[NH+]C)=C/N)c5)c4/C3=C(/C)CC2)n1. The molecule has 0 saturated carbocycles. The molecule has 0 unspecified atom stereocenters. The maximum absolute atomic E-state index is 11.9. The fraction of sp³-hybridized carbons (Fsp3) is 0.375. The first-order valence-electron chi connectivity index (χ1n) is 14.7. The van der Waals surface area contributed by atoms with Gasteiger partial charge in [0.15, 0.2) is 21.9 Å². The Morgan fingerprint density at radius 3 is 2.77 bits per heavy atom. The van der Waals surface area contributed by atoms with Crippen LogP contribution in [0.25, 0.3) is 11.1 Å². The molecule has 0 bridgehead atoms. The molecule has 0 radical (unpaired) electrons. The number of aryl methyl sites for hydroxylation is 3. The second kappa shape index (κ2) is 12.9. The molecule has 2 aliphatic rings. The van der Waals surface area contributed by atoms with E-state index in [1.54, 1.807) is 24.0 Å². The Morgan fingerprint density at radius 1 is 1.16 bits per heavy atom. The molecule has 3 aromatic rings. The number of nitrogens with zero attached hydrogens (tertiary/aromatic N) is 5. The fourth-order valence-electron chi connectivity index (χ4n) is 5.70. The molecule has 1 aliphatic carbocycles. The summed E-state index contributed by atoms with van der Waals surface area (Å²) in [5.74, 6) is 1.72. The predicted molar refractivity (Wildman–Crippen MR) is 173 cm³/mol. The number of sulfone groups is 1. The fourth-order valence-corrected chi connectivity index (χ4v) is 6.46. The number of aliphatic imine (C=N–C) groups is 1. The standard InChI is InChI=1S/C32H40N8O2S/c1-5-43(41,42)16-15-40-14-13-30(38-40)36-29-12-9-22(2)31-25(21-35-29)10-11-27-32(31)28(39(4)37-27)18-23-7-6-8-24(17-23)26(19-33)20-34-3/h6-8,13-14,17,19-21H,5,9-12,15-16,18,33H2,1-4H3,(H,35,36,38)/p+1/b25-21-,26-19+,31-22-,34-20?. The Kier molecular flexibility index (Phi) is 9.10. The highest BCUT2D eigenvalue weighted by molar-refractivity contribution is 7.91. The highest BCUT2D eigenvalue weighted by Crippen LogP contribution is 2.41. The number of nitrogens with one attached hydrogen (secondary N) is 2. The zero-order valence-electron chi connectivity index (χ0n) is 25.4. The van der Waals surface area contributed by atoms with Gasteiger partial charge < -0.3 is 11.1 Å². The van der Waals surface area contributed by atoms with Crippen LogP contribution in [0.1, 0.15) is 61.2 Å². The molecule has 10 nitrogen and oxygen atoms in total. The second-order valence-corrected chi connectivity index (χ2v) is 13.5. The van der Waals surface area contributed by atoms with Crippen molar-refractivity contribution in [1.82, 2.24) is 19.6 Å². The number of anilines is 1. The van der Waals surface area contributed by atoms with Crippen LogP contribution in [0, 0.1) is 0 Å². The number of nitrogens with two attached hydrogens (primary N) is 1. The van der Waals surface area contributed by atoms with Crippen LogP contribution in [-0.4, -0.2) is 58.6 Å². The zero-order chi connectivity index (χ0) is 30.6. The molecule has 226 valence electrons. The van der Waals surface area contributed by atoms with E-state index in [9.17, 15) is 8.42 Å². The topological polar surface area (TPSA) is 134 Å². The van der Waals surface area contributed by atoms with Gasteiger partial charge >= 0.3 is 0 Å². The van der Waals surface area contributed by atoms with E-state index >= 15 is 0 Å². The summed E-state index contributed by atoms with van der Waals surface area (Å²) < 4.78 is 27.4. The monoisotopic (exact) mass is 601 g/mol. The highest BCUT2D eigenvalue weighted by atomic mass is 32.2. The summed E-state index contributed by atoms with van der Waals surface area (Å²) in [6.45, 7) is 4.21. The molecule has 43 heavy (non-hydrogen) atoms. The van der Waals surface area contributed by atoms with Gasteiger partial charge in [0.25, 0.3) is 0 Å². The van der Waals surface area contributed by atoms with Crippen molar-refractivity contribution in [3.8, 4) is 0 Å². The number of hydrogen-bond donors (Lipinski definition) is 3. The Balaban J connectivity index is 1.39. The summed E-state index contributed by atoms with van der Waals surface area (Å²) in [5, 5.41) is 12.8. The van der Waals surface area contributed by atoms with Gasteiger partial charge in [-0.1, -0.05) is 36.8 Å². The lowest BCUT2D eigenvalue weighted by Gasteiger charge is -2.24. The number of hydrogen-bond acceptors (Lipinski definition) is 7. The van der Waals surface area contributed by atoms with E-state index in [1.807, 2.05) is 37.3 Å². The van der Waals surface area contributed by atoms with Crippen molar-refractivity contribution in [1.29, 1.82) is 0 Å². The highest BCUT2D eigenvalue weighted by Gasteiger charge is 2.28. The number of rotatable bonds is 9. The Morgan fingerprint density at radius 2 is 2.00 bits per heavy atom. The normalized spacial score (nSPS) is 18.8. The first kappa shape index (κ1) is 30.2. The van der Waals surface area contributed by atoms with Crippen molar-refractivity contribution in [2.45, 2.75) is 52.5 Å². The van der Waals surface area contributed by atoms with Crippen LogP contribution in [-0.2, 0) is 36.3 Å². The number of allylic oxidation sites excluding steroid dienone is 4. The Bertz CT molecular complexity index is 1770. The first-order chi connectivity index (χ1) is 20.7. The van der Waals surface area contributed by atoms with Crippen LogP contribution in [0.15, 0.2) is 65.1 Å². The quantitative estimate of drug-likeness (QED) is 0.323. The van der Waals surface area contributed by atoms with Crippen molar-refractivity contribution >= 4 is 38.9 Å². The summed E-state index contributed by atoms with van der Waals surface area (Å²) >= 11 is 0. The summed E-state index contributed by atoms with van der Waals surface area (Å²) in [4.78, 5) is 7.94. The zero-order valence-corrected chi connectivity index (χ0v) is 26.2. The first-order valence-corrected chi connectivity index (χ1v) is 16.6. The molecule has 4 N–H and O–H groups in total. The molecule has 0 fully saturated rings. The van der Waals surface area contributed by atoms with E-state index < -0.39 is 9.84 Å². The molecule has 0 amide bonds. The van der Waals surface area contributed by atoms with Crippen molar-refractivity contribution < 1.29 is 13.4 Å². The van der Waals surface area contributed by atoms with Gasteiger partial charge in [-0.05, 0) is 48.5 Å². The second-order valence-electron chi connectivity index (χ2n) is 11.0. The van der Waals surface area contributed by atoms with Crippen LogP contribution >= 0.6 is 0 Å². The van der Waals surface area contributed by atoms with E-state index in [0.717, 1.165) is 54.8 Å². The van der Waals surface area contributed by atoms with E-state index in [1.165, 1.54) is 33.5 Å². The minimum atomic E-state index is -3.05. The molecule has 0 atom stereocenters. The lowest BCUT2D eigenvalue weighted by molar-refractivity contribution is -0.412. The third-order valence-electron chi connectivity index (χ3n) is 8.08. The van der Waals surface area contributed by atoms with E-state index in [-0.39, 0.29) is 11.5 Å². The van der Waals surface area contributed by atoms with Gasteiger partial charge in [0.2, 0.25) is 0 Å². The van der Waals surface area contributed by atoms with Crippen LogP contribution in [0.4, 0.5) is 5.82 Å². The van der Waals surface area contributed by atoms with Crippen LogP contribution in [0.3, 0.4) is 0 Å². The largest absolute Gasteiger partial charge is 0.404 e. The maximum Gasteiger partial charge on any atom is 0.170 e. The van der Waals surface area contributed by atoms with Gasteiger partial charge in [-0.15, -0.1) is 0 Å².